The normalized spacial score (nSPS) is 12.6. The third-order valence-corrected chi connectivity index (χ3v) is 12.5. The van der Waals surface area contributed by atoms with E-state index in [1.807, 2.05) is 24.3 Å². The van der Waals surface area contributed by atoms with Crippen LogP contribution in [-0.4, -0.2) is 15.0 Å². The summed E-state index contributed by atoms with van der Waals surface area (Å²) in [4.78, 5) is 15.5. The summed E-state index contributed by atoms with van der Waals surface area (Å²) in [5.74, 6) is 1.85. The minimum atomic E-state index is -0.591. The van der Waals surface area contributed by atoms with Crippen molar-refractivity contribution in [2.24, 2.45) is 0 Å². The van der Waals surface area contributed by atoms with Crippen molar-refractivity contribution < 1.29 is 4.42 Å². The van der Waals surface area contributed by atoms with Gasteiger partial charge in [-0.1, -0.05) is 200 Å². The third kappa shape index (κ3) is 5.80. The van der Waals surface area contributed by atoms with Crippen LogP contribution in [0.25, 0.3) is 89.5 Å². The Hall–Kier alpha value is -8.21. The highest BCUT2D eigenvalue weighted by Crippen LogP contribution is 2.56. The summed E-state index contributed by atoms with van der Waals surface area (Å²) in [6, 6.07) is 79.4. The second kappa shape index (κ2) is 14.5. The molecule has 11 aromatic rings. The van der Waals surface area contributed by atoms with Gasteiger partial charge in [-0.25, -0.2) is 15.0 Å². The highest BCUT2D eigenvalue weighted by atomic mass is 16.3. The number of hydrogen-bond donors (Lipinski definition) is 0. The highest BCUT2D eigenvalue weighted by molar-refractivity contribution is 6.05. The van der Waals surface area contributed by atoms with Crippen LogP contribution < -0.4 is 0 Å². The van der Waals surface area contributed by atoms with Crippen molar-refractivity contribution >= 4 is 21.9 Å². The maximum Gasteiger partial charge on any atom is 0.164 e. The fourth-order valence-electron chi connectivity index (χ4n) is 9.53. The lowest BCUT2D eigenvalue weighted by atomic mass is 9.67. The van der Waals surface area contributed by atoms with Gasteiger partial charge >= 0.3 is 0 Å². The summed E-state index contributed by atoms with van der Waals surface area (Å²) in [6.45, 7) is 0. The first-order valence-corrected chi connectivity index (χ1v) is 21.0. The van der Waals surface area contributed by atoms with Gasteiger partial charge < -0.3 is 4.42 Å². The number of rotatable bonds is 7. The molecular formula is C58H37N3O. The van der Waals surface area contributed by atoms with Gasteiger partial charge in [-0.15, -0.1) is 0 Å². The Morgan fingerprint density at radius 3 is 1.40 bits per heavy atom. The summed E-state index contributed by atoms with van der Waals surface area (Å²) >= 11 is 0. The molecule has 0 saturated carbocycles. The fraction of sp³-hybridized carbons (Fsp3) is 0.0172. The zero-order valence-electron chi connectivity index (χ0n) is 33.6. The maximum atomic E-state index is 6.33. The van der Waals surface area contributed by atoms with Crippen LogP contribution in [0.3, 0.4) is 0 Å². The first-order valence-electron chi connectivity index (χ1n) is 21.0. The monoisotopic (exact) mass is 791 g/mol. The van der Waals surface area contributed by atoms with Crippen molar-refractivity contribution in [2.45, 2.75) is 5.41 Å². The Morgan fingerprint density at radius 2 is 0.742 bits per heavy atom. The van der Waals surface area contributed by atoms with Crippen LogP contribution in [-0.2, 0) is 5.41 Å². The van der Waals surface area contributed by atoms with Gasteiger partial charge in [0.05, 0.1) is 5.41 Å². The lowest BCUT2D eigenvalue weighted by molar-refractivity contribution is 0.668. The van der Waals surface area contributed by atoms with Gasteiger partial charge in [0.2, 0.25) is 0 Å². The molecule has 12 rings (SSSR count). The van der Waals surface area contributed by atoms with E-state index in [1.54, 1.807) is 0 Å². The number of hydrogen-bond acceptors (Lipinski definition) is 4. The minimum Gasteiger partial charge on any atom is -0.456 e. The smallest absolute Gasteiger partial charge is 0.164 e. The number of fused-ring (bicyclic) bond motifs is 6. The number of aromatic nitrogens is 3. The third-order valence-electron chi connectivity index (χ3n) is 12.5. The summed E-state index contributed by atoms with van der Waals surface area (Å²) in [5, 5.41) is 2.22. The molecule has 0 bridgehead atoms. The molecule has 4 heteroatoms. The van der Waals surface area contributed by atoms with Gasteiger partial charge in [0, 0.05) is 27.5 Å². The zero-order valence-corrected chi connectivity index (χ0v) is 33.6. The number of nitrogens with zero attached hydrogens (tertiary/aromatic N) is 3. The molecule has 0 spiro atoms. The van der Waals surface area contributed by atoms with Gasteiger partial charge in [0.1, 0.15) is 11.2 Å². The molecule has 9 aromatic carbocycles. The molecular weight excluding hydrogens is 755 g/mol. The number of furan rings is 1. The second-order valence-electron chi connectivity index (χ2n) is 15.9. The molecule has 290 valence electrons. The molecule has 0 aliphatic heterocycles. The lowest BCUT2D eigenvalue weighted by Crippen LogP contribution is -2.28. The first kappa shape index (κ1) is 35.7. The van der Waals surface area contributed by atoms with Crippen molar-refractivity contribution in [3.05, 3.63) is 247 Å². The van der Waals surface area contributed by atoms with E-state index in [-0.39, 0.29) is 0 Å². The minimum absolute atomic E-state index is 0.591. The van der Waals surface area contributed by atoms with Crippen LogP contribution in [0.1, 0.15) is 22.3 Å². The van der Waals surface area contributed by atoms with Gasteiger partial charge in [-0.2, -0.15) is 0 Å². The molecule has 0 fully saturated rings. The molecule has 0 atom stereocenters. The van der Waals surface area contributed by atoms with E-state index in [9.17, 15) is 0 Å². The van der Waals surface area contributed by atoms with Crippen LogP contribution >= 0.6 is 0 Å². The molecule has 2 aromatic heterocycles. The van der Waals surface area contributed by atoms with Crippen molar-refractivity contribution in [1.82, 2.24) is 15.0 Å². The van der Waals surface area contributed by atoms with Crippen LogP contribution in [0, 0.1) is 0 Å². The quantitative estimate of drug-likeness (QED) is 0.161. The van der Waals surface area contributed by atoms with Gasteiger partial charge in [0.25, 0.3) is 0 Å². The van der Waals surface area contributed by atoms with Crippen LogP contribution in [0.15, 0.2) is 229 Å². The number of benzene rings is 9. The standard InChI is InChI=1S/C58H37N3O/c1-3-14-38(15-4-1)40-26-28-41(29-27-40)55-59-56(61-57(60-55)44-19-13-18-43(36-44)39-16-5-2-6-17-39)42-30-32-45(33-31-42)58(51-23-10-7-20-47(51)48-21-8-11-24-52(48)58)46-34-35-54-50(37-46)49-22-9-12-25-53(49)62-54/h1-37H. The molecule has 1 aliphatic rings. The first-order chi connectivity index (χ1) is 30.7. The van der Waals surface area contributed by atoms with Gasteiger partial charge in [-0.3, -0.25) is 0 Å². The van der Waals surface area contributed by atoms with E-state index >= 15 is 0 Å². The Balaban J connectivity index is 1.02. The second-order valence-corrected chi connectivity index (χ2v) is 15.9. The van der Waals surface area contributed by atoms with Crippen molar-refractivity contribution in [3.63, 3.8) is 0 Å². The Morgan fingerprint density at radius 1 is 0.290 bits per heavy atom. The average molecular weight is 792 g/mol. The van der Waals surface area contributed by atoms with E-state index in [0.29, 0.717) is 17.5 Å². The van der Waals surface area contributed by atoms with Crippen molar-refractivity contribution in [3.8, 4) is 67.5 Å². The van der Waals surface area contributed by atoms with Crippen LogP contribution in [0.2, 0.25) is 0 Å². The average Bonchev–Trinajstić information content (AvgIpc) is 3.88. The summed E-state index contributed by atoms with van der Waals surface area (Å²) < 4.78 is 6.33. The summed E-state index contributed by atoms with van der Waals surface area (Å²) in [6.07, 6.45) is 0. The van der Waals surface area contributed by atoms with Gasteiger partial charge in [0.15, 0.2) is 17.5 Å². The maximum absolute atomic E-state index is 6.33. The zero-order chi connectivity index (χ0) is 41.0. The molecule has 0 amide bonds. The van der Waals surface area contributed by atoms with Crippen LogP contribution in [0.4, 0.5) is 0 Å². The van der Waals surface area contributed by atoms with Gasteiger partial charge in [-0.05, 0) is 79.9 Å². The van der Waals surface area contributed by atoms with E-state index in [4.69, 9.17) is 19.4 Å². The summed E-state index contributed by atoms with van der Waals surface area (Å²) in [7, 11) is 0. The van der Waals surface area contributed by atoms with Crippen LogP contribution in [0.5, 0.6) is 0 Å². The number of para-hydroxylation sites is 1. The lowest BCUT2D eigenvalue weighted by Gasteiger charge is -2.34. The molecule has 0 saturated heterocycles. The SMILES string of the molecule is c1ccc(-c2ccc(-c3nc(-c4ccc(C5(c6ccc7oc8ccccc8c7c6)c6ccccc6-c6ccccc65)cc4)nc(-c4cccc(-c5ccccc5)c4)n3)cc2)cc1. The van der Waals surface area contributed by atoms with E-state index < -0.39 is 5.41 Å². The Kier molecular flexibility index (Phi) is 8.36. The molecule has 0 N–H and O–H groups in total. The molecule has 62 heavy (non-hydrogen) atoms. The summed E-state index contributed by atoms with van der Waals surface area (Å²) in [5.41, 5.74) is 15.8. The Bertz CT molecular complexity index is 3400. The van der Waals surface area contributed by atoms with Crippen molar-refractivity contribution in [2.75, 3.05) is 0 Å². The predicted octanol–water partition coefficient (Wildman–Crippen LogP) is 14.5. The Labute approximate surface area is 359 Å². The topological polar surface area (TPSA) is 51.8 Å². The largest absolute Gasteiger partial charge is 0.456 e. The molecule has 0 unspecified atom stereocenters. The van der Waals surface area contributed by atoms with E-state index in [0.717, 1.165) is 66.4 Å². The highest BCUT2D eigenvalue weighted by Gasteiger charge is 2.46. The molecule has 2 heterocycles. The molecule has 4 nitrogen and oxygen atoms in total. The molecule has 1 aliphatic carbocycles. The fourth-order valence-corrected chi connectivity index (χ4v) is 9.53. The van der Waals surface area contributed by atoms with Crippen molar-refractivity contribution in [1.29, 1.82) is 0 Å². The van der Waals surface area contributed by atoms with E-state index in [1.165, 1.54) is 27.8 Å². The predicted molar refractivity (Wildman–Crippen MR) is 252 cm³/mol. The van der Waals surface area contributed by atoms with E-state index in [2.05, 4.69) is 200 Å². The molecule has 0 radical (unpaired) electrons.